The smallest absolute Gasteiger partial charge is 0.194 e. The van der Waals surface area contributed by atoms with E-state index in [4.69, 9.17) is 5.26 Å². The van der Waals surface area contributed by atoms with E-state index in [1.807, 2.05) is 0 Å². The zero-order valence-electron chi connectivity index (χ0n) is 6.94. The summed E-state index contributed by atoms with van der Waals surface area (Å²) in [4.78, 5) is 0. The summed E-state index contributed by atoms with van der Waals surface area (Å²) >= 11 is 0. The average molecular weight is 195 g/mol. The molecule has 0 N–H and O–H groups in total. The second-order valence-corrected chi connectivity index (χ2v) is 2.39. The molecule has 1 aromatic carbocycles. The maximum Gasteiger partial charge on any atom is 0.194 e. The molecular formula is C10H4F3N. The van der Waals surface area contributed by atoms with E-state index in [1.165, 1.54) is 0 Å². The van der Waals surface area contributed by atoms with Gasteiger partial charge in [-0.05, 0) is 12.1 Å². The minimum absolute atomic E-state index is 0.0108. The molecule has 0 saturated heterocycles. The molecule has 0 amide bonds. The van der Waals surface area contributed by atoms with Gasteiger partial charge >= 0.3 is 0 Å². The van der Waals surface area contributed by atoms with Gasteiger partial charge in [-0.15, -0.1) is 0 Å². The van der Waals surface area contributed by atoms with Crippen molar-refractivity contribution in [3.8, 4) is 17.9 Å². The highest BCUT2D eigenvalue weighted by atomic mass is 19.2. The zero-order valence-corrected chi connectivity index (χ0v) is 6.94. The minimum Gasteiger partial charge on any atom is -0.204 e. The summed E-state index contributed by atoms with van der Waals surface area (Å²) in [7, 11) is 0. The topological polar surface area (TPSA) is 23.8 Å². The third-order valence-corrected chi connectivity index (χ3v) is 1.38. The molecule has 0 heterocycles. The Labute approximate surface area is 78.8 Å². The Hall–Kier alpha value is -1.94. The van der Waals surface area contributed by atoms with Crippen LogP contribution in [-0.4, -0.2) is 0 Å². The van der Waals surface area contributed by atoms with E-state index in [0.717, 1.165) is 12.1 Å². The molecule has 0 fully saturated rings. The van der Waals surface area contributed by atoms with Gasteiger partial charge < -0.3 is 0 Å². The summed E-state index contributed by atoms with van der Waals surface area (Å²) in [5, 5.41) is 8.14. The lowest BCUT2D eigenvalue weighted by Gasteiger charge is -1.95. The lowest BCUT2D eigenvalue weighted by atomic mass is 10.2. The molecule has 0 spiro atoms. The van der Waals surface area contributed by atoms with Crippen LogP contribution in [0.4, 0.5) is 13.2 Å². The predicted octanol–water partition coefficient (Wildman–Crippen LogP) is 2.37. The standard InChI is InChI=1S/C10H4F3N/c11-8-5-7(3-1-2-4-14)6-9(12)10(8)13/h5-6H,2H2. The van der Waals surface area contributed by atoms with Crippen molar-refractivity contribution in [1.82, 2.24) is 0 Å². The Balaban J connectivity index is 3.04. The third kappa shape index (κ3) is 2.27. The molecule has 0 unspecified atom stereocenters. The summed E-state index contributed by atoms with van der Waals surface area (Å²) in [5.41, 5.74) is 0.0108. The first-order valence-electron chi connectivity index (χ1n) is 3.65. The molecule has 0 radical (unpaired) electrons. The van der Waals surface area contributed by atoms with Crippen LogP contribution in [0, 0.1) is 40.6 Å². The Bertz CT molecular complexity index is 426. The van der Waals surface area contributed by atoms with Gasteiger partial charge in [-0.25, -0.2) is 13.2 Å². The van der Waals surface area contributed by atoms with Crippen LogP contribution in [0.3, 0.4) is 0 Å². The Kier molecular flexibility index (Phi) is 3.14. The third-order valence-electron chi connectivity index (χ3n) is 1.38. The predicted molar refractivity (Wildman–Crippen MR) is 43.4 cm³/mol. The van der Waals surface area contributed by atoms with Crippen molar-refractivity contribution >= 4 is 0 Å². The van der Waals surface area contributed by atoms with Gasteiger partial charge in [0.2, 0.25) is 0 Å². The number of halogens is 3. The van der Waals surface area contributed by atoms with Gasteiger partial charge in [-0.3, -0.25) is 0 Å². The molecule has 14 heavy (non-hydrogen) atoms. The van der Waals surface area contributed by atoms with Crippen LogP contribution in [0.2, 0.25) is 0 Å². The molecule has 0 aliphatic heterocycles. The molecule has 0 aliphatic carbocycles. The molecule has 1 nitrogen and oxygen atoms in total. The highest BCUT2D eigenvalue weighted by Crippen LogP contribution is 2.12. The van der Waals surface area contributed by atoms with Crippen molar-refractivity contribution in [3.63, 3.8) is 0 Å². The maximum absolute atomic E-state index is 12.6. The van der Waals surface area contributed by atoms with Crippen LogP contribution in [0.15, 0.2) is 12.1 Å². The zero-order chi connectivity index (χ0) is 10.6. The molecule has 0 aromatic heterocycles. The minimum atomic E-state index is -1.52. The highest BCUT2D eigenvalue weighted by molar-refractivity contribution is 5.35. The second-order valence-electron chi connectivity index (χ2n) is 2.39. The molecule has 0 aliphatic rings. The Morgan fingerprint density at radius 2 is 1.71 bits per heavy atom. The van der Waals surface area contributed by atoms with Crippen LogP contribution in [0.5, 0.6) is 0 Å². The number of hydrogen-bond donors (Lipinski definition) is 0. The quantitative estimate of drug-likeness (QED) is 0.460. The van der Waals surface area contributed by atoms with Gasteiger partial charge in [-0.1, -0.05) is 11.8 Å². The normalized spacial score (nSPS) is 8.71. The van der Waals surface area contributed by atoms with Crippen LogP contribution in [-0.2, 0) is 0 Å². The summed E-state index contributed by atoms with van der Waals surface area (Å²) < 4.78 is 37.7. The molecule has 70 valence electrons. The molecule has 0 bridgehead atoms. The fraction of sp³-hybridized carbons (Fsp3) is 0.100. The first-order chi connectivity index (χ1) is 6.65. The van der Waals surface area contributed by atoms with E-state index in [-0.39, 0.29) is 12.0 Å². The van der Waals surface area contributed by atoms with Crippen LogP contribution >= 0.6 is 0 Å². The lowest BCUT2D eigenvalue weighted by molar-refractivity contribution is 0.446. The van der Waals surface area contributed by atoms with Crippen molar-refractivity contribution in [2.75, 3.05) is 0 Å². The number of hydrogen-bond acceptors (Lipinski definition) is 1. The van der Waals surface area contributed by atoms with Gasteiger partial charge in [0.25, 0.3) is 0 Å². The second kappa shape index (κ2) is 4.34. The Morgan fingerprint density at radius 3 is 2.21 bits per heavy atom. The molecule has 0 saturated carbocycles. The van der Waals surface area contributed by atoms with Crippen molar-refractivity contribution in [2.45, 2.75) is 6.42 Å². The summed E-state index contributed by atoms with van der Waals surface area (Å²) in [6.45, 7) is 0. The fourth-order valence-electron chi connectivity index (χ4n) is 0.813. The van der Waals surface area contributed by atoms with Crippen molar-refractivity contribution in [1.29, 1.82) is 5.26 Å². The van der Waals surface area contributed by atoms with Crippen molar-refractivity contribution in [2.24, 2.45) is 0 Å². The fourth-order valence-corrected chi connectivity index (χ4v) is 0.813. The maximum atomic E-state index is 12.6. The van der Waals surface area contributed by atoms with Gasteiger partial charge in [0.15, 0.2) is 17.5 Å². The molecule has 4 heteroatoms. The number of benzene rings is 1. The lowest BCUT2D eigenvalue weighted by Crippen LogP contribution is -1.91. The van der Waals surface area contributed by atoms with Crippen LogP contribution in [0.25, 0.3) is 0 Å². The number of nitrogens with zero attached hydrogens (tertiary/aromatic N) is 1. The largest absolute Gasteiger partial charge is 0.204 e. The molecule has 1 rings (SSSR count). The van der Waals surface area contributed by atoms with Gasteiger partial charge in [0, 0.05) is 5.56 Å². The number of nitriles is 1. The van der Waals surface area contributed by atoms with Crippen LogP contribution in [0.1, 0.15) is 12.0 Å². The Morgan fingerprint density at radius 1 is 1.14 bits per heavy atom. The molecule has 0 atom stereocenters. The summed E-state index contributed by atoms with van der Waals surface area (Å²) in [6.07, 6.45) is -0.0411. The summed E-state index contributed by atoms with van der Waals surface area (Å²) in [5.74, 6) is 0.604. The van der Waals surface area contributed by atoms with Gasteiger partial charge in [0.05, 0.1) is 12.5 Å². The van der Waals surface area contributed by atoms with Crippen LogP contribution < -0.4 is 0 Å². The number of rotatable bonds is 0. The first kappa shape index (κ1) is 10.1. The summed E-state index contributed by atoms with van der Waals surface area (Å²) in [6, 6.07) is 3.30. The van der Waals surface area contributed by atoms with Crippen molar-refractivity contribution < 1.29 is 13.2 Å². The highest BCUT2D eigenvalue weighted by Gasteiger charge is 2.08. The van der Waals surface area contributed by atoms with Gasteiger partial charge in [0.1, 0.15) is 0 Å². The van der Waals surface area contributed by atoms with E-state index >= 15 is 0 Å². The average Bonchev–Trinajstić information content (AvgIpc) is 2.14. The monoisotopic (exact) mass is 195 g/mol. The van der Waals surface area contributed by atoms with E-state index in [2.05, 4.69) is 11.8 Å². The first-order valence-corrected chi connectivity index (χ1v) is 3.65. The van der Waals surface area contributed by atoms with E-state index < -0.39 is 17.5 Å². The van der Waals surface area contributed by atoms with E-state index in [1.54, 1.807) is 6.07 Å². The molecular weight excluding hydrogens is 191 g/mol. The molecule has 1 aromatic rings. The van der Waals surface area contributed by atoms with E-state index in [9.17, 15) is 13.2 Å². The van der Waals surface area contributed by atoms with E-state index in [0.29, 0.717) is 0 Å². The van der Waals surface area contributed by atoms with Gasteiger partial charge in [-0.2, -0.15) is 5.26 Å². The SMILES string of the molecule is N#CCC#Cc1cc(F)c(F)c(F)c1. The van der Waals surface area contributed by atoms with Crippen molar-refractivity contribution in [3.05, 3.63) is 35.1 Å².